The van der Waals surface area contributed by atoms with E-state index in [1.807, 2.05) is 31.2 Å². The van der Waals surface area contributed by atoms with Crippen molar-refractivity contribution in [3.8, 4) is 0 Å². The standard InChI is InChI=1S/C15H22ClNO2/c1-11(2)9-19-10-17(15(18)13(4)16)14-8-6-5-7-12(14)3/h5-8,11,13H,9-10H2,1-4H3. The summed E-state index contributed by atoms with van der Waals surface area (Å²) in [5.74, 6) is 0.293. The molecular weight excluding hydrogens is 262 g/mol. The Hall–Kier alpha value is -1.06. The molecule has 0 spiro atoms. The maximum atomic E-state index is 12.2. The Labute approximate surface area is 120 Å². The smallest absolute Gasteiger partial charge is 0.246 e. The molecule has 0 aliphatic carbocycles. The minimum atomic E-state index is -0.567. The molecular formula is C15H22ClNO2. The predicted octanol–water partition coefficient (Wildman–Crippen LogP) is 3.59. The average Bonchev–Trinajstić information content (AvgIpc) is 2.34. The molecule has 0 heterocycles. The van der Waals surface area contributed by atoms with Crippen LogP contribution < -0.4 is 4.90 Å². The first kappa shape index (κ1) is 16.0. The number of carbonyl (C=O) groups excluding carboxylic acids is 1. The Morgan fingerprint density at radius 2 is 1.95 bits per heavy atom. The third-order valence-corrected chi connectivity index (χ3v) is 2.87. The van der Waals surface area contributed by atoms with Crippen LogP contribution in [0, 0.1) is 12.8 Å². The Morgan fingerprint density at radius 3 is 2.47 bits per heavy atom. The van der Waals surface area contributed by atoms with Gasteiger partial charge in [-0.05, 0) is 31.4 Å². The maximum Gasteiger partial charge on any atom is 0.246 e. The number of amides is 1. The summed E-state index contributed by atoms with van der Waals surface area (Å²) in [7, 11) is 0. The highest BCUT2D eigenvalue weighted by Crippen LogP contribution is 2.21. The number of anilines is 1. The zero-order valence-corrected chi connectivity index (χ0v) is 12.8. The third kappa shape index (κ3) is 4.84. The molecule has 0 aliphatic heterocycles. The number of rotatable bonds is 6. The molecule has 1 unspecified atom stereocenters. The molecule has 3 nitrogen and oxygen atoms in total. The molecule has 0 fully saturated rings. The lowest BCUT2D eigenvalue weighted by Crippen LogP contribution is -2.38. The highest BCUT2D eigenvalue weighted by atomic mass is 35.5. The number of hydrogen-bond donors (Lipinski definition) is 0. The van der Waals surface area contributed by atoms with E-state index in [4.69, 9.17) is 16.3 Å². The van der Waals surface area contributed by atoms with Crippen molar-refractivity contribution in [1.82, 2.24) is 0 Å². The molecule has 0 radical (unpaired) electrons. The number of para-hydroxylation sites is 1. The van der Waals surface area contributed by atoms with E-state index in [1.54, 1.807) is 11.8 Å². The van der Waals surface area contributed by atoms with Gasteiger partial charge in [0.1, 0.15) is 12.1 Å². The molecule has 4 heteroatoms. The van der Waals surface area contributed by atoms with E-state index in [2.05, 4.69) is 13.8 Å². The van der Waals surface area contributed by atoms with Crippen LogP contribution in [0.1, 0.15) is 26.3 Å². The van der Waals surface area contributed by atoms with E-state index >= 15 is 0 Å². The fourth-order valence-electron chi connectivity index (χ4n) is 1.71. The summed E-state index contributed by atoms with van der Waals surface area (Å²) in [5.41, 5.74) is 1.88. The lowest BCUT2D eigenvalue weighted by atomic mass is 10.2. The minimum Gasteiger partial charge on any atom is -0.360 e. The zero-order valence-electron chi connectivity index (χ0n) is 12.0. The van der Waals surface area contributed by atoms with Gasteiger partial charge in [0.2, 0.25) is 5.91 Å². The minimum absolute atomic E-state index is 0.139. The quantitative estimate of drug-likeness (QED) is 0.590. The van der Waals surface area contributed by atoms with Gasteiger partial charge in [-0.1, -0.05) is 32.0 Å². The van der Waals surface area contributed by atoms with Crippen LogP contribution in [0.4, 0.5) is 5.69 Å². The van der Waals surface area contributed by atoms with E-state index in [1.165, 1.54) is 0 Å². The first-order chi connectivity index (χ1) is 8.93. The topological polar surface area (TPSA) is 29.5 Å². The highest BCUT2D eigenvalue weighted by molar-refractivity contribution is 6.32. The van der Waals surface area contributed by atoms with Gasteiger partial charge in [-0.25, -0.2) is 0 Å². The van der Waals surface area contributed by atoms with Crippen LogP contribution in [0.25, 0.3) is 0 Å². The van der Waals surface area contributed by atoms with Crippen molar-refractivity contribution in [3.05, 3.63) is 29.8 Å². The molecule has 0 N–H and O–H groups in total. The first-order valence-electron chi connectivity index (χ1n) is 6.52. The molecule has 106 valence electrons. The fraction of sp³-hybridized carbons (Fsp3) is 0.533. The first-order valence-corrected chi connectivity index (χ1v) is 6.96. The maximum absolute atomic E-state index is 12.2. The van der Waals surface area contributed by atoms with Crippen molar-refractivity contribution in [3.63, 3.8) is 0 Å². The number of hydrogen-bond acceptors (Lipinski definition) is 2. The molecule has 0 aromatic heterocycles. The lowest BCUT2D eigenvalue weighted by molar-refractivity contribution is -0.119. The molecule has 0 bridgehead atoms. The van der Waals surface area contributed by atoms with Crippen LogP contribution in [0.15, 0.2) is 24.3 Å². The molecule has 1 aromatic rings. The van der Waals surface area contributed by atoms with Gasteiger partial charge in [0.05, 0.1) is 6.61 Å². The van der Waals surface area contributed by atoms with E-state index in [0.717, 1.165) is 11.3 Å². The monoisotopic (exact) mass is 283 g/mol. The van der Waals surface area contributed by atoms with E-state index in [9.17, 15) is 4.79 Å². The van der Waals surface area contributed by atoms with Crippen molar-refractivity contribution in [2.24, 2.45) is 5.92 Å². The van der Waals surface area contributed by atoms with Gasteiger partial charge in [0.25, 0.3) is 0 Å². The SMILES string of the molecule is Cc1ccccc1N(COCC(C)C)C(=O)C(C)Cl. The molecule has 1 atom stereocenters. The number of nitrogens with zero attached hydrogens (tertiary/aromatic N) is 1. The van der Waals surface area contributed by atoms with Crippen LogP contribution in [0.5, 0.6) is 0 Å². The fourth-order valence-corrected chi connectivity index (χ4v) is 1.83. The summed E-state index contributed by atoms with van der Waals surface area (Å²) in [4.78, 5) is 13.8. The summed E-state index contributed by atoms with van der Waals surface area (Å²) in [6.07, 6.45) is 0. The molecule has 0 saturated carbocycles. The Morgan fingerprint density at radius 1 is 1.32 bits per heavy atom. The highest BCUT2D eigenvalue weighted by Gasteiger charge is 2.21. The number of ether oxygens (including phenoxy) is 1. The molecule has 19 heavy (non-hydrogen) atoms. The summed E-state index contributed by atoms with van der Waals surface area (Å²) in [5, 5.41) is -0.567. The second-order valence-electron chi connectivity index (χ2n) is 5.06. The van der Waals surface area contributed by atoms with Crippen LogP contribution >= 0.6 is 11.6 Å². The van der Waals surface area contributed by atoms with Gasteiger partial charge in [-0.2, -0.15) is 0 Å². The number of aryl methyl sites for hydroxylation is 1. The van der Waals surface area contributed by atoms with E-state index in [0.29, 0.717) is 12.5 Å². The van der Waals surface area contributed by atoms with Crippen molar-refractivity contribution >= 4 is 23.2 Å². The summed E-state index contributed by atoms with van der Waals surface area (Å²) >= 11 is 5.92. The number of carbonyl (C=O) groups is 1. The largest absolute Gasteiger partial charge is 0.360 e. The normalized spacial score (nSPS) is 12.5. The summed E-state index contributed by atoms with van der Waals surface area (Å²) in [6.45, 7) is 8.65. The molecule has 1 amide bonds. The number of alkyl halides is 1. The average molecular weight is 284 g/mol. The van der Waals surface area contributed by atoms with Gasteiger partial charge in [-0.3, -0.25) is 9.69 Å². The number of halogens is 1. The van der Waals surface area contributed by atoms with Crippen LogP contribution in [0.3, 0.4) is 0 Å². The van der Waals surface area contributed by atoms with Crippen molar-refractivity contribution in [1.29, 1.82) is 0 Å². The van der Waals surface area contributed by atoms with Crippen molar-refractivity contribution in [2.75, 3.05) is 18.2 Å². The number of benzene rings is 1. The van der Waals surface area contributed by atoms with E-state index in [-0.39, 0.29) is 12.6 Å². The second-order valence-corrected chi connectivity index (χ2v) is 5.72. The van der Waals surface area contributed by atoms with Gasteiger partial charge in [-0.15, -0.1) is 11.6 Å². The van der Waals surface area contributed by atoms with Crippen LogP contribution in [-0.4, -0.2) is 24.6 Å². The molecule has 1 rings (SSSR count). The lowest BCUT2D eigenvalue weighted by Gasteiger charge is -2.25. The Bertz CT molecular complexity index is 418. The molecule has 0 saturated heterocycles. The summed E-state index contributed by atoms with van der Waals surface area (Å²) < 4.78 is 5.58. The van der Waals surface area contributed by atoms with Crippen LogP contribution in [0.2, 0.25) is 0 Å². The van der Waals surface area contributed by atoms with Gasteiger partial charge in [0, 0.05) is 5.69 Å². The summed E-state index contributed by atoms with van der Waals surface area (Å²) in [6, 6.07) is 7.73. The Kier molecular flexibility index (Phi) is 6.32. The predicted molar refractivity (Wildman–Crippen MR) is 79.6 cm³/mol. The molecule has 0 aliphatic rings. The third-order valence-electron chi connectivity index (χ3n) is 2.68. The van der Waals surface area contributed by atoms with Gasteiger partial charge < -0.3 is 4.74 Å². The van der Waals surface area contributed by atoms with E-state index < -0.39 is 5.38 Å². The second kappa shape index (κ2) is 7.51. The van der Waals surface area contributed by atoms with Gasteiger partial charge in [0.15, 0.2) is 0 Å². The van der Waals surface area contributed by atoms with Gasteiger partial charge >= 0.3 is 0 Å². The molecule has 1 aromatic carbocycles. The Balaban J connectivity index is 2.87. The zero-order chi connectivity index (χ0) is 14.4. The van der Waals surface area contributed by atoms with Crippen LogP contribution in [-0.2, 0) is 9.53 Å². The van der Waals surface area contributed by atoms with Crippen molar-refractivity contribution < 1.29 is 9.53 Å². The van der Waals surface area contributed by atoms with Crippen molar-refractivity contribution in [2.45, 2.75) is 33.1 Å².